The Morgan fingerprint density at radius 2 is 1.93 bits per heavy atom. The first-order chi connectivity index (χ1) is 14.0. The number of ether oxygens (including phenoxy) is 1. The molecular formula is C21H16Cl2N2O3S. The van der Waals surface area contributed by atoms with E-state index >= 15 is 0 Å². The van der Waals surface area contributed by atoms with Gasteiger partial charge in [-0.15, -0.1) is 11.3 Å². The van der Waals surface area contributed by atoms with Gasteiger partial charge < -0.3 is 4.74 Å². The number of anilines is 1. The lowest BCUT2D eigenvalue weighted by molar-refractivity contribution is -0.139. The van der Waals surface area contributed by atoms with Crippen LogP contribution in [0.15, 0.2) is 54.6 Å². The number of hydrogen-bond donors (Lipinski definition) is 1. The van der Waals surface area contributed by atoms with Gasteiger partial charge >= 0.3 is 5.97 Å². The Morgan fingerprint density at radius 3 is 2.62 bits per heavy atom. The lowest BCUT2D eigenvalue weighted by Gasteiger charge is -2.01. The molecule has 148 valence electrons. The van der Waals surface area contributed by atoms with Gasteiger partial charge in [-0.2, -0.15) is 0 Å². The largest absolute Gasteiger partial charge is 0.469 e. The average Bonchev–Trinajstić information content (AvgIpc) is 3.09. The lowest BCUT2D eigenvalue weighted by atomic mass is 10.1. The fraction of sp³-hybridized carbons (Fsp3) is 0.0952. The Balaban J connectivity index is 1.80. The first-order valence-corrected chi connectivity index (χ1v) is 10.1. The normalized spacial score (nSPS) is 10.9. The van der Waals surface area contributed by atoms with E-state index in [9.17, 15) is 9.59 Å². The molecule has 3 rings (SSSR count). The fourth-order valence-corrected chi connectivity index (χ4v) is 3.94. The number of halogens is 2. The minimum absolute atomic E-state index is 0.0739. The predicted molar refractivity (Wildman–Crippen MR) is 117 cm³/mol. The van der Waals surface area contributed by atoms with E-state index in [1.165, 1.54) is 24.5 Å². The molecule has 0 aliphatic heterocycles. The van der Waals surface area contributed by atoms with Crippen LogP contribution in [0.4, 0.5) is 5.13 Å². The Kier molecular flexibility index (Phi) is 7.04. The number of hydrogen-bond acceptors (Lipinski definition) is 5. The molecule has 1 amide bonds. The monoisotopic (exact) mass is 446 g/mol. The summed E-state index contributed by atoms with van der Waals surface area (Å²) in [6.07, 6.45) is 3.03. The maximum atomic E-state index is 12.3. The maximum Gasteiger partial charge on any atom is 0.310 e. The molecule has 0 bridgehead atoms. The van der Waals surface area contributed by atoms with Crippen LogP contribution in [-0.4, -0.2) is 24.0 Å². The highest BCUT2D eigenvalue weighted by Crippen LogP contribution is 2.32. The van der Waals surface area contributed by atoms with E-state index in [1.807, 2.05) is 30.3 Å². The molecular weight excluding hydrogens is 431 g/mol. The second kappa shape index (κ2) is 9.69. The summed E-state index contributed by atoms with van der Waals surface area (Å²) in [5.41, 5.74) is 2.16. The minimum atomic E-state index is -0.374. The van der Waals surface area contributed by atoms with Crippen molar-refractivity contribution >= 4 is 57.6 Å². The highest BCUT2D eigenvalue weighted by molar-refractivity contribution is 7.16. The van der Waals surface area contributed by atoms with Crippen molar-refractivity contribution in [3.63, 3.8) is 0 Å². The Bertz CT molecular complexity index is 1070. The van der Waals surface area contributed by atoms with Crippen LogP contribution in [0, 0.1) is 0 Å². The second-order valence-corrected chi connectivity index (χ2v) is 7.83. The van der Waals surface area contributed by atoms with Crippen LogP contribution in [-0.2, 0) is 20.7 Å². The summed E-state index contributed by atoms with van der Waals surface area (Å²) in [7, 11) is 1.33. The third-order valence-electron chi connectivity index (χ3n) is 3.88. The molecule has 0 aliphatic carbocycles. The molecule has 3 aromatic rings. The van der Waals surface area contributed by atoms with Crippen LogP contribution < -0.4 is 5.32 Å². The van der Waals surface area contributed by atoms with Crippen molar-refractivity contribution in [1.82, 2.24) is 4.98 Å². The highest BCUT2D eigenvalue weighted by atomic mass is 35.5. The van der Waals surface area contributed by atoms with Gasteiger partial charge in [0.05, 0.1) is 19.2 Å². The summed E-state index contributed by atoms with van der Waals surface area (Å²) in [5.74, 6) is -0.741. The Labute approximate surface area is 181 Å². The van der Waals surface area contributed by atoms with Crippen molar-refractivity contribution in [2.24, 2.45) is 0 Å². The maximum absolute atomic E-state index is 12.3. The van der Waals surface area contributed by atoms with E-state index in [0.717, 1.165) is 5.56 Å². The molecule has 0 spiro atoms. The van der Waals surface area contributed by atoms with Crippen molar-refractivity contribution in [1.29, 1.82) is 0 Å². The second-order valence-electron chi connectivity index (χ2n) is 5.90. The fourth-order valence-electron chi connectivity index (χ4n) is 2.50. The third-order valence-corrected chi connectivity index (χ3v) is 5.42. The summed E-state index contributed by atoms with van der Waals surface area (Å²) in [4.78, 5) is 29.3. The van der Waals surface area contributed by atoms with Gasteiger partial charge in [0.2, 0.25) is 5.91 Å². The molecule has 0 atom stereocenters. The van der Waals surface area contributed by atoms with Gasteiger partial charge in [0.15, 0.2) is 5.13 Å². The topological polar surface area (TPSA) is 68.3 Å². The van der Waals surface area contributed by atoms with E-state index in [-0.39, 0.29) is 18.3 Å². The number of carbonyl (C=O) groups excluding carboxylic acids is 2. The van der Waals surface area contributed by atoms with Crippen molar-refractivity contribution in [3.05, 3.63) is 75.1 Å². The standard InChI is InChI=1S/C21H16Cl2N2O3S/c1-28-19(27)12-17-20(14-5-3-2-4-6-14)25-21(29-17)24-18(26)10-8-13-7-9-15(22)11-16(13)23/h2-11H,12H2,1H3,(H,24,25,26)/b10-8+. The van der Waals surface area contributed by atoms with Crippen LogP contribution >= 0.6 is 34.5 Å². The molecule has 0 radical (unpaired) electrons. The first kappa shape index (κ1) is 21.0. The van der Waals surface area contributed by atoms with Gasteiger partial charge in [-0.3, -0.25) is 14.9 Å². The van der Waals surface area contributed by atoms with Crippen LogP contribution in [0.3, 0.4) is 0 Å². The summed E-state index contributed by atoms with van der Waals surface area (Å²) >= 11 is 13.2. The van der Waals surface area contributed by atoms with Gasteiger partial charge in [-0.25, -0.2) is 4.98 Å². The van der Waals surface area contributed by atoms with E-state index in [4.69, 9.17) is 27.9 Å². The molecule has 5 nitrogen and oxygen atoms in total. The quantitative estimate of drug-likeness (QED) is 0.401. The lowest BCUT2D eigenvalue weighted by Crippen LogP contribution is -2.07. The molecule has 1 N–H and O–H groups in total. The van der Waals surface area contributed by atoms with Crippen molar-refractivity contribution < 1.29 is 14.3 Å². The molecule has 29 heavy (non-hydrogen) atoms. The number of nitrogens with zero attached hydrogens (tertiary/aromatic N) is 1. The summed E-state index contributed by atoms with van der Waals surface area (Å²) in [6, 6.07) is 14.5. The first-order valence-electron chi connectivity index (χ1n) is 8.52. The highest BCUT2D eigenvalue weighted by Gasteiger charge is 2.17. The van der Waals surface area contributed by atoms with Crippen LogP contribution in [0.5, 0.6) is 0 Å². The number of carbonyl (C=O) groups is 2. The van der Waals surface area contributed by atoms with E-state index in [2.05, 4.69) is 10.3 Å². The zero-order valence-corrected chi connectivity index (χ0v) is 17.6. The minimum Gasteiger partial charge on any atom is -0.469 e. The zero-order valence-electron chi connectivity index (χ0n) is 15.3. The van der Waals surface area contributed by atoms with E-state index in [1.54, 1.807) is 24.3 Å². The van der Waals surface area contributed by atoms with Crippen molar-refractivity contribution in [2.75, 3.05) is 12.4 Å². The van der Waals surface area contributed by atoms with Crippen molar-refractivity contribution in [2.45, 2.75) is 6.42 Å². The van der Waals surface area contributed by atoms with Crippen molar-refractivity contribution in [3.8, 4) is 11.3 Å². The molecule has 1 heterocycles. The number of rotatable bonds is 6. The molecule has 1 aromatic heterocycles. The third kappa shape index (κ3) is 5.67. The summed E-state index contributed by atoms with van der Waals surface area (Å²) in [5, 5.41) is 4.08. The molecule has 0 saturated heterocycles. The number of nitrogens with one attached hydrogen (secondary N) is 1. The van der Waals surface area contributed by atoms with Crippen LogP contribution in [0.2, 0.25) is 10.0 Å². The molecule has 0 aliphatic rings. The Morgan fingerprint density at radius 1 is 1.17 bits per heavy atom. The van der Waals surface area contributed by atoms with Crippen LogP contribution in [0.1, 0.15) is 10.4 Å². The molecule has 0 fully saturated rings. The smallest absolute Gasteiger partial charge is 0.310 e. The molecule has 0 saturated carbocycles. The Hall–Kier alpha value is -2.67. The molecule has 8 heteroatoms. The summed E-state index contributed by atoms with van der Waals surface area (Å²) < 4.78 is 4.76. The van der Waals surface area contributed by atoms with Gasteiger partial charge in [0.25, 0.3) is 0 Å². The van der Waals surface area contributed by atoms with E-state index < -0.39 is 0 Å². The predicted octanol–water partition coefficient (Wildman–Crippen LogP) is 5.48. The van der Waals surface area contributed by atoms with E-state index in [0.29, 0.717) is 31.3 Å². The van der Waals surface area contributed by atoms with Crippen LogP contribution in [0.25, 0.3) is 17.3 Å². The number of aromatic nitrogens is 1. The molecule has 2 aromatic carbocycles. The number of benzene rings is 2. The zero-order chi connectivity index (χ0) is 20.8. The van der Waals surface area contributed by atoms with Gasteiger partial charge in [0, 0.05) is 26.6 Å². The number of amides is 1. The SMILES string of the molecule is COC(=O)Cc1sc(NC(=O)/C=C/c2ccc(Cl)cc2Cl)nc1-c1ccccc1. The number of thiazole rings is 1. The summed E-state index contributed by atoms with van der Waals surface area (Å²) in [6.45, 7) is 0. The van der Waals surface area contributed by atoms with Gasteiger partial charge in [0.1, 0.15) is 0 Å². The number of methoxy groups -OCH3 is 1. The number of esters is 1. The average molecular weight is 447 g/mol. The molecule has 0 unspecified atom stereocenters. The van der Waals surface area contributed by atoms with Gasteiger partial charge in [-0.1, -0.05) is 59.6 Å². The van der Waals surface area contributed by atoms with Gasteiger partial charge in [-0.05, 0) is 23.8 Å².